The van der Waals surface area contributed by atoms with Gasteiger partial charge < -0.3 is 47.4 Å². The number of hydrogen-bond acceptors (Lipinski definition) is 15. The minimum atomic E-state index is -1.54. The SMILES string of the molecule is CC(=O)OC[C@H]1O[C@@H](O[C@@H]2[C@@H](OCc3ccccc3)[C@@H](OCc3ccccc3)[C@@H](COCc3ccccc3)O[C@H]2Sc2ccccc2)[C@@H](OC(C)=O)[C@@H](OC(C)=O)[C@@H]1OC(C)=O. The number of hydrogen-bond donors (Lipinski definition) is 0. The number of esters is 4. The molecule has 2 aliphatic heterocycles. The monoisotopic (exact) mass is 872 g/mol. The highest BCUT2D eigenvalue weighted by molar-refractivity contribution is 7.99. The number of carbonyl (C=O) groups excluding carboxylic acids is 4. The summed E-state index contributed by atoms with van der Waals surface area (Å²) < 4.78 is 62.9. The fourth-order valence-electron chi connectivity index (χ4n) is 7.13. The Hall–Kier alpha value is -5.13. The highest BCUT2D eigenvalue weighted by Gasteiger charge is 2.56. The zero-order chi connectivity index (χ0) is 43.8. The van der Waals surface area contributed by atoms with Crippen molar-refractivity contribution in [2.75, 3.05) is 13.2 Å². The summed E-state index contributed by atoms with van der Waals surface area (Å²) in [5.74, 6) is -2.94. The van der Waals surface area contributed by atoms with Gasteiger partial charge in [0.25, 0.3) is 0 Å². The number of ether oxygens (including phenoxy) is 10. The Balaban J connectivity index is 1.43. The van der Waals surface area contributed by atoms with Gasteiger partial charge in [-0.05, 0) is 28.8 Å². The van der Waals surface area contributed by atoms with E-state index >= 15 is 0 Å². The number of thioether (sulfide) groups is 1. The van der Waals surface area contributed by atoms with E-state index in [-0.39, 0.29) is 19.8 Å². The van der Waals surface area contributed by atoms with E-state index in [0.29, 0.717) is 6.61 Å². The van der Waals surface area contributed by atoms with Crippen LogP contribution in [0.3, 0.4) is 0 Å². The van der Waals surface area contributed by atoms with Crippen molar-refractivity contribution in [3.8, 4) is 0 Å². The normalized spacial score (nSPS) is 25.9. The minimum Gasteiger partial charge on any atom is -0.463 e. The van der Waals surface area contributed by atoms with E-state index in [0.717, 1.165) is 35.4 Å². The van der Waals surface area contributed by atoms with E-state index < -0.39 is 91.0 Å². The third-order valence-electron chi connectivity index (χ3n) is 9.79. The Kier molecular flexibility index (Phi) is 17.5. The topological polar surface area (TPSA) is 161 Å². The van der Waals surface area contributed by atoms with Gasteiger partial charge in [0.05, 0.1) is 26.4 Å². The molecule has 0 N–H and O–H groups in total. The molecule has 0 amide bonds. The molecule has 4 aromatic rings. The summed E-state index contributed by atoms with van der Waals surface area (Å²) in [5, 5.41) is 0. The first-order chi connectivity index (χ1) is 30.0. The van der Waals surface area contributed by atoms with Gasteiger partial charge in [0.2, 0.25) is 0 Å². The van der Waals surface area contributed by atoms with Gasteiger partial charge in [-0.2, -0.15) is 0 Å². The molecule has 0 spiro atoms. The second-order valence-electron chi connectivity index (χ2n) is 14.7. The average Bonchev–Trinajstić information content (AvgIpc) is 3.25. The molecule has 15 heteroatoms. The molecule has 2 fully saturated rings. The molecule has 2 saturated heterocycles. The van der Waals surface area contributed by atoms with Crippen molar-refractivity contribution in [2.24, 2.45) is 0 Å². The summed E-state index contributed by atoms with van der Waals surface area (Å²) in [4.78, 5) is 50.9. The van der Waals surface area contributed by atoms with Gasteiger partial charge in [-0.3, -0.25) is 19.2 Å². The van der Waals surface area contributed by atoms with E-state index in [1.165, 1.54) is 25.6 Å². The Morgan fingerprint density at radius 2 is 0.952 bits per heavy atom. The van der Waals surface area contributed by atoms with Gasteiger partial charge in [-0.15, -0.1) is 0 Å². The molecule has 10 atom stereocenters. The summed E-state index contributed by atoms with van der Waals surface area (Å²) in [6, 6.07) is 38.6. The first-order valence-electron chi connectivity index (χ1n) is 20.3. The zero-order valence-corrected chi connectivity index (χ0v) is 35.8. The molecule has 14 nitrogen and oxygen atoms in total. The Labute approximate surface area is 365 Å². The largest absolute Gasteiger partial charge is 0.463 e. The maximum atomic E-state index is 12.8. The van der Waals surface area contributed by atoms with Crippen molar-refractivity contribution in [3.63, 3.8) is 0 Å². The first-order valence-corrected chi connectivity index (χ1v) is 21.2. The molecular weight excluding hydrogens is 821 g/mol. The third-order valence-corrected chi connectivity index (χ3v) is 10.9. The van der Waals surface area contributed by atoms with Gasteiger partial charge in [-0.1, -0.05) is 121 Å². The second kappa shape index (κ2) is 23.4. The van der Waals surface area contributed by atoms with E-state index in [1.54, 1.807) is 0 Å². The molecule has 62 heavy (non-hydrogen) atoms. The highest BCUT2D eigenvalue weighted by atomic mass is 32.2. The van der Waals surface area contributed by atoms with Crippen molar-refractivity contribution in [2.45, 2.75) is 113 Å². The Morgan fingerprint density at radius 1 is 0.484 bits per heavy atom. The van der Waals surface area contributed by atoms with Gasteiger partial charge in [-0.25, -0.2) is 0 Å². The van der Waals surface area contributed by atoms with E-state index in [9.17, 15) is 19.2 Å². The summed E-state index contributed by atoms with van der Waals surface area (Å²) >= 11 is 1.36. The maximum Gasteiger partial charge on any atom is 0.303 e. The lowest BCUT2D eigenvalue weighted by atomic mass is 9.96. The van der Waals surface area contributed by atoms with Crippen LogP contribution in [0.2, 0.25) is 0 Å². The molecule has 6 rings (SSSR count). The Bertz CT molecular complexity index is 2010. The molecule has 0 aliphatic carbocycles. The second-order valence-corrected chi connectivity index (χ2v) is 15.8. The van der Waals surface area contributed by atoms with Crippen LogP contribution >= 0.6 is 11.8 Å². The smallest absolute Gasteiger partial charge is 0.303 e. The number of rotatable bonds is 19. The van der Waals surface area contributed by atoms with Crippen molar-refractivity contribution in [1.82, 2.24) is 0 Å². The number of carbonyl (C=O) groups is 4. The van der Waals surface area contributed by atoms with Crippen LogP contribution < -0.4 is 0 Å². The van der Waals surface area contributed by atoms with Gasteiger partial charge >= 0.3 is 23.9 Å². The Morgan fingerprint density at radius 3 is 1.48 bits per heavy atom. The first kappa shape index (κ1) is 46.4. The van der Waals surface area contributed by atoms with Crippen LogP contribution in [-0.4, -0.2) is 97.6 Å². The molecule has 330 valence electrons. The minimum absolute atomic E-state index is 0.108. The summed E-state index contributed by atoms with van der Waals surface area (Å²) in [6.07, 6.45) is -10.7. The summed E-state index contributed by atoms with van der Waals surface area (Å²) in [7, 11) is 0. The fraction of sp³-hybridized carbons (Fsp3) is 0.404. The summed E-state index contributed by atoms with van der Waals surface area (Å²) in [6.45, 7) is 4.99. The number of benzene rings is 4. The van der Waals surface area contributed by atoms with E-state index in [1.807, 2.05) is 121 Å². The van der Waals surface area contributed by atoms with Gasteiger partial charge in [0, 0.05) is 32.6 Å². The fourth-order valence-corrected chi connectivity index (χ4v) is 8.26. The van der Waals surface area contributed by atoms with Gasteiger partial charge in [0.15, 0.2) is 24.6 Å². The molecule has 0 bridgehead atoms. The van der Waals surface area contributed by atoms with Crippen LogP contribution in [0.1, 0.15) is 44.4 Å². The van der Waals surface area contributed by atoms with Crippen LogP contribution in [0.15, 0.2) is 126 Å². The third kappa shape index (κ3) is 13.7. The lowest BCUT2D eigenvalue weighted by Crippen LogP contribution is -2.66. The van der Waals surface area contributed by atoms with Crippen molar-refractivity contribution in [1.29, 1.82) is 0 Å². The van der Waals surface area contributed by atoms with Crippen LogP contribution in [0.5, 0.6) is 0 Å². The van der Waals surface area contributed by atoms with Crippen LogP contribution in [-0.2, 0) is 86.4 Å². The molecule has 4 aromatic carbocycles. The molecule has 0 unspecified atom stereocenters. The standard InChI is InChI=1S/C47H52O14S/c1-30(48)53-29-39-41(56-31(2)49)43(57-32(3)50)44(58-33(4)51)46(59-39)61-45-42(55-27-36-21-13-7-14-22-36)40(54-26-35-19-11-6-12-20-35)38(28-52-25-34-17-9-5-10-18-34)60-47(45)62-37-23-15-8-16-24-37/h5-24,38-47H,25-29H2,1-4H3/t38-,39-,40+,41-,42+,43+,44+,45-,46+,47+/m1/s1. The van der Waals surface area contributed by atoms with E-state index in [4.69, 9.17) is 47.4 Å². The van der Waals surface area contributed by atoms with Crippen molar-refractivity contribution < 1.29 is 66.5 Å². The lowest BCUT2D eigenvalue weighted by molar-refractivity contribution is -0.343. The lowest BCUT2D eigenvalue weighted by Gasteiger charge is -2.49. The maximum absolute atomic E-state index is 12.8. The van der Waals surface area contributed by atoms with Gasteiger partial charge in [0.1, 0.15) is 42.6 Å². The van der Waals surface area contributed by atoms with Crippen LogP contribution in [0.25, 0.3) is 0 Å². The molecule has 0 aromatic heterocycles. The zero-order valence-electron chi connectivity index (χ0n) is 35.0. The predicted molar refractivity (Wildman–Crippen MR) is 224 cm³/mol. The predicted octanol–water partition coefficient (Wildman–Crippen LogP) is 6.36. The average molecular weight is 873 g/mol. The van der Waals surface area contributed by atoms with Crippen molar-refractivity contribution >= 4 is 35.6 Å². The molecule has 0 saturated carbocycles. The van der Waals surface area contributed by atoms with E-state index in [2.05, 4.69) is 0 Å². The highest BCUT2D eigenvalue weighted by Crippen LogP contribution is 2.40. The van der Waals surface area contributed by atoms with Crippen LogP contribution in [0, 0.1) is 0 Å². The quantitative estimate of drug-likeness (QED) is 0.0756. The van der Waals surface area contributed by atoms with Crippen molar-refractivity contribution in [3.05, 3.63) is 138 Å². The van der Waals surface area contributed by atoms with Crippen LogP contribution in [0.4, 0.5) is 0 Å². The molecule has 0 radical (unpaired) electrons. The summed E-state index contributed by atoms with van der Waals surface area (Å²) in [5.41, 5.74) is 1.89. The molecular formula is C47H52O14S. The molecule has 2 aliphatic rings. The molecule has 2 heterocycles.